The molecule has 2 heterocycles. The van der Waals surface area contributed by atoms with Gasteiger partial charge < -0.3 is 4.42 Å². The highest BCUT2D eigenvalue weighted by molar-refractivity contribution is 7.25. The summed E-state index contributed by atoms with van der Waals surface area (Å²) in [6.45, 7) is 2.12. The van der Waals surface area contributed by atoms with Gasteiger partial charge in [0.15, 0.2) is 0 Å². The van der Waals surface area contributed by atoms with Crippen molar-refractivity contribution in [3.63, 3.8) is 0 Å². The summed E-state index contributed by atoms with van der Waals surface area (Å²) in [5.74, 6) is 0.921. The Morgan fingerprint density at radius 1 is 0.917 bits per heavy atom. The van der Waals surface area contributed by atoms with Crippen LogP contribution >= 0.6 is 11.3 Å². The summed E-state index contributed by atoms with van der Waals surface area (Å²) in [7, 11) is 2.09. The van der Waals surface area contributed by atoms with E-state index in [0.717, 1.165) is 17.0 Å². The third-order valence-corrected chi connectivity index (χ3v) is 5.91. The van der Waals surface area contributed by atoms with Gasteiger partial charge in [0.1, 0.15) is 7.05 Å². The van der Waals surface area contributed by atoms with Gasteiger partial charge in [-0.15, -0.1) is 4.57 Å². The Bertz CT molecular complexity index is 1230. The van der Waals surface area contributed by atoms with Crippen molar-refractivity contribution in [3.8, 4) is 11.5 Å². The summed E-state index contributed by atoms with van der Waals surface area (Å²) in [5.41, 5.74) is 3.37. The van der Waals surface area contributed by atoms with Crippen LogP contribution in [0.3, 0.4) is 0 Å². The monoisotopic (exact) mass is 330 g/mol. The molecule has 0 N–H and O–H groups in total. The summed E-state index contributed by atoms with van der Waals surface area (Å²) in [6, 6.07) is 21.3. The van der Waals surface area contributed by atoms with Crippen molar-refractivity contribution in [1.29, 1.82) is 0 Å². The molecule has 0 radical (unpaired) electrons. The van der Waals surface area contributed by atoms with Crippen molar-refractivity contribution in [2.75, 3.05) is 0 Å². The second kappa shape index (κ2) is 4.92. The maximum atomic E-state index is 6.40. The Morgan fingerprint density at radius 2 is 1.71 bits per heavy atom. The molecule has 2 aromatic heterocycles. The number of hydrogen-bond acceptors (Lipinski definition) is 2. The number of aryl methyl sites for hydroxylation is 2. The highest BCUT2D eigenvalue weighted by Gasteiger charge is 2.26. The molecule has 24 heavy (non-hydrogen) atoms. The van der Waals surface area contributed by atoms with Gasteiger partial charge in [0.05, 0.1) is 10.9 Å². The first-order chi connectivity index (χ1) is 11.7. The number of rotatable bonds is 1. The summed E-state index contributed by atoms with van der Waals surface area (Å²) in [4.78, 5) is 1.18. The largest absolute Gasteiger partial charge is 0.396 e. The molecule has 0 amide bonds. The molecule has 5 rings (SSSR count). The highest BCUT2D eigenvalue weighted by Crippen LogP contribution is 2.39. The van der Waals surface area contributed by atoms with E-state index in [1.807, 2.05) is 0 Å². The zero-order valence-electron chi connectivity index (χ0n) is 13.5. The standard InChI is InChI=1S/C21H16NOS/c1-13-7-3-5-9-15(13)20-22(2)21-19(23-20)18-16-10-6-4-8-14(16)11-12-17(18)24-21/h3-12H,1-2H3/q+1. The number of fused-ring (bicyclic) bond motifs is 5. The number of thiophene rings is 1. The van der Waals surface area contributed by atoms with E-state index in [4.69, 9.17) is 4.42 Å². The van der Waals surface area contributed by atoms with Gasteiger partial charge in [-0.2, -0.15) is 0 Å². The smallest absolute Gasteiger partial charge is 0.382 e. The minimum atomic E-state index is 0.921. The fraction of sp³-hybridized carbons (Fsp3) is 0.0952. The molecule has 0 fully saturated rings. The summed E-state index contributed by atoms with van der Waals surface area (Å²) in [6.07, 6.45) is 0. The van der Waals surface area contributed by atoms with E-state index in [2.05, 4.69) is 79.2 Å². The van der Waals surface area contributed by atoms with Crippen LogP contribution in [-0.4, -0.2) is 0 Å². The maximum Gasteiger partial charge on any atom is 0.382 e. The molecule has 0 spiro atoms. The molecule has 2 nitrogen and oxygen atoms in total. The van der Waals surface area contributed by atoms with Crippen LogP contribution in [0.2, 0.25) is 0 Å². The first-order valence-corrected chi connectivity index (χ1v) is 8.84. The van der Waals surface area contributed by atoms with Crippen molar-refractivity contribution in [2.45, 2.75) is 6.92 Å². The van der Waals surface area contributed by atoms with E-state index in [0.29, 0.717) is 0 Å². The van der Waals surface area contributed by atoms with Crippen LogP contribution in [0, 0.1) is 6.92 Å². The topological polar surface area (TPSA) is 17.0 Å². The van der Waals surface area contributed by atoms with E-state index in [1.165, 1.54) is 31.3 Å². The maximum absolute atomic E-state index is 6.40. The number of benzene rings is 3. The quantitative estimate of drug-likeness (QED) is 0.366. The van der Waals surface area contributed by atoms with E-state index in [9.17, 15) is 0 Å². The van der Waals surface area contributed by atoms with Gasteiger partial charge in [0.2, 0.25) is 5.58 Å². The number of oxazole rings is 1. The van der Waals surface area contributed by atoms with E-state index >= 15 is 0 Å². The van der Waals surface area contributed by atoms with Gasteiger partial charge >= 0.3 is 10.7 Å². The first-order valence-electron chi connectivity index (χ1n) is 8.03. The fourth-order valence-electron chi connectivity index (χ4n) is 3.45. The highest BCUT2D eigenvalue weighted by atomic mass is 32.1. The van der Waals surface area contributed by atoms with Crippen molar-refractivity contribution >= 4 is 42.6 Å². The van der Waals surface area contributed by atoms with Crippen LogP contribution in [0.4, 0.5) is 0 Å². The molecule has 3 heteroatoms. The Labute approximate surface area is 143 Å². The number of aromatic nitrogens is 1. The minimum absolute atomic E-state index is 0.921. The predicted octanol–water partition coefficient (Wildman–Crippen LogP) is 5.60. The van der Waals surface area contributed by atoms with E-state index < -0.39 is 0 Å². The predicted molar refractivity (Wildman–Crippen MR) is 100 cm³/mol. The summed E-state index contributed by atoms with van der Waals surface area (Å²) in [5, 5.41) is 3.73. The summed E-state index contributed by atoms with van der Waals surface area (Å²) >= 11 is 1.79. The van der Waals surface area contributed by atoms with Crippen LogP contribution in [0.15, 0.2) is 65.1 Å². The summed E-state index contributed by atoms with van der Waals surface area (Å²) < 4.78 is 9.85. The second-order valence-electron chi connectivity index (χ2n) is 6.18. The third kappa shape index (κ3) is 1.79. The van der Waals surface area contributed by atoms with Gasteiger partial charge in [0, 0.05) is 4.70 Å². The Hall–Kier alpha value is -2.65. The third-order valence-electron chi connectivity index (χ3n) is 4.70. The number of nitrogens with zero attached hydrogens (tertiary/aromatic N) is 1. The van der Waals surface area contributed by atoms with Crippen LogP contribution in [-0.2, 0) is 7.05 Å². The van der Waals surface area contributed by atoms with Gasteiger partial charge in [0.25, 0.3) is 0 Å². The molecule has 0 saturated carbocycles. The zero-order chi connectivity index (χ0) is 16.3. The molecule has 116 valence electrons. The Morgan fingerprint density at radius 3 is 2.58 bits per heavy atom. The Balaban J connectivity index is 1.92. The molecule has 0 unspecified atom stereocenters. The van der Waals surface area contributed by atoms with Crippen molar-refractivity contribution < 1.29 is 8.98 Å². The van der Waals surface area contributed by atoms with Crippen molar-refractivity contribution in [1.82, 2.24) is 0 Å². The zero-order valence-corrected chi connectivity index (χ0v) is 14.4. The lowest BCUT2D eigenvalue weighted by Gasteiger charge is -1.99. The minimum Gasteiger partial charge on any atom is -0.396 e. The lowest BCUT2D eigenvalue weighted by Crippen LogP contribution is -2.28. The van der Waals surface area contributed by atoms with Gasteiger partial charge in [-0.05, 0) is 35.4 Å². The van der Waals surface area contributed by atoms with E-state index in [-0.39, 0.29) is 0 Å². The average Bonchev–Trinajstić information content (AvgIpc) is 3.12. The molecule has 3 aromatic carbocycles. The lowest BCUT2D eigenvalue weighted by atomic mass is 10.1. The Kier molecular flexibility index (Phi) is 2.82. The van der Waals surface area contributed by atoms with Crippen LogP contribution in [0.1, 0.15) is 5.56 Å². The SMILES string of the molecule is Cc1ccccc1-c1oc2c3c(ccc4ccccc43)sc2[n+]1C. The number of hydrogen-bond donors (Lipinski definition) is 0. The van der Waals surface area contributed by atoms with Gasteiger partial charge in [-0.3, -0.25) is 0 Å². The van der Waals surface area contributed by atoms with Crippen LogP contribution in [0.25, 0.3) is 42.7 Å². The van der Waals surface area contributed by atoms with Crippen molar-refractivity contribution in [2.24, 2.45) is 7.05 Å². The molecule has 0 bridgehead atoms. The second-order valence-corrected chi connectivity index (χ2v) is 7.21. The molecule has 5 aromatic rings. The lowest BCUT2D eigenvalue weighted by molar-refractivity contribution is -0.635. The van der Waals surface area contributed by atoms with Crippen LogP contribution < -0.4 is 4.57 Å². The first kappa shape index (κ1) is 13.8. The average molecular weight is 330 g/mol. The normalized spacial score (nSPS) is 11.8. The van der Waals surface area contributed by atoms with Crippen LogP contribution in [0.5, 0.6) is 0 Å². The molecule has 0 aliphatic heterocycles. The van der Waals surface area contributed by atoms with Gasteiger partial charge in [-0.1, -0.05) is 59.9 Å². The molecule has 0 atom stereocenters. The van der Waals surface area contributed by atoms with E-state index in [1.54, 1.807) is 11.3 Å². The van der Waals surface area contributed by atoms with Crippen molar-refractivity contribution in [3.05, 3.63) is 66.2 Å². The molecule has 0 aliphatic rings. The molecular weight excluding hydrogens is 314 g/mol. The molecular formula is C21H16NOS+. The molecule has 0 saturated heterocycles. The van der Waals surface area contributed by atoms with Gasteiger partial charge in [-0.25, -0.2) is 0 Å². The fourth-order valence-corrected chi connectivity index (χ4v) is 4.55. The molecule has 0 aliphatic carbocycles.